The zero-order valence-corrected chi connectivity index (χ0v) is 17.0. The second kappa shape index (κ2) is 9.72. The maximum absolute atomic E-state index is 12.1. The molecule has 0 saturated carbocycles. The van der Waals surface area contributed by atoms with Crippen molar-refractivity contribution in [2.24, 2.45) is 0 Å². The van der Waals surface area contributed by atoms with Crippen molar-refractivity contribution in [3.8, 4) is 0 Å². The summed E-state index contributed by atoms with van der Waals surface area (Å²) in [7, 11) is 0. The van der Waals surface area contributed by atoms with Gasteiger partial charge in [0.2, 0.25) is 5.91 Å². The summed E-state index contributed by atoms with van der Waals surface area (Å²) in [6, 6.07) is 11.3. The van der Waals surface area contributed by atoms with E-state index in [4.69, 9.17) is 4.74 Å². The van der Waals surface area contributed by atoms with Crippen molar-refractivity contribution in [1.82, 2.24) is 9.97 Å². The quantitative estimate of drug-likeness (QED) is 0.335. The average Bonchev–Trinajstić information content (AvgIpc) is 3.06. The van der Waals surface area contributed by atoms with Gasteiger partial charge in [-0.15, -0.1) is 11.3 Å². The molecule has 3 aromatic rings. The number of esters is 1. The van der Waals surface area contributed by atoms with Crippen LogP contribution in [0.2, 0.25) is 0 Å². The van der Waals surface area contributed by atoms with E-state index in [1.54, 1.807) is 29.3 Å². The SMILES string of the molecule is CC(=O)OCCSc1nc2ccc(NC(=O)CSc3ccccn3)cc2s1. The third-order valence-electron chi connectivity index (χ3n) is 3.26. The summed E-state index contributed by atoms with van der Waals surface area (Å²) in [5, 5.41) is 3.73. The monoisotopic (exact) mass is 419 g/mol. The molecule has 0 saturated heterocycles. The van der Waals surface area contributed by atoms with Gasteiger partial charge in [0.1, 0.15) is 6.61 Å². The van der Waals surface area contributed by atoms with Crippen LogP contribution in [0.25, 0.3) is 10.2 Å². The van der Waals surface area contributed by atoms with Gasteiger partial charge in [0.05, 0.1) is 21.0 Å². The van der Waals surface area contributed by atoms with Crippen LogP contribution in [0.3, 0.4) is 0 Å². The number of thiazole rings is 1. The zero-order chi connectivity index (χ0) is 19.1. The highest BCUT2D eigenvalue weighted by Crippen LogP contribution is 2.31. The van der Waals surface area contributed by atoms with Crippen molar-refractivity contribution in [2.45, 2.75) is 16.3 Å². The zero-order valence-electron chi connectivity index (χ0n) is 14.5. The molecule has 1 N–H and O–H groups in total. The van der Waals surface area contributed by atoms with E-state index in [-0.39, 0.29) is 11.9 Å². The second-order valence-corrected chi connectivity index (χ2v) is 8.72. The van der Waals surface area contributed by atoms with Crippen LogP contribution >= 0.6 is 34.9 Å². The van der Waals surface area contributed by atoms with Gasteiger partial charge in [-0.05, 0) is 30.3 Å². The first kappa shape index (κ1) is 19.7. The van der Waals surface area contributed by atoms with Crippen molar-refractivity contribution in [3.63, 3.8) is 0 Å². The minimum Gasteiger partial charge on any atom is -0.465 e. The number of hydrogen-bond donors (Lipinski definition) is 1. The molecule has 0 spiro atoms. The van der Waals surface area contributed by atoms with E-state index in [2.05, 4.69) is 15.3 Å². The third kappa shape index (κ3) is 6.23. The number of ether oxygens (including phenoxy) is 1. The van der Waals surface area contributed by atoms with Gasteiger partial charge < -0.3 is 10.1 Å². The van der Waals surface area contributed by atoms with Crippen molar-refractivity contribution in [1.29, 1.82) is 0 Å². The minimum absolute atomic E-state index is 0.0782. The van der Waals surface area contributed by atoms with E-state index in [9.17, 15) is 9.59 Å². The van der Waals surface area contributed by atoms with Crippen molar-refractivity contribution in [3.05, 3.63) is 42.6 Å². The fourth-order valence-electron chi connectivity index (χ4n) is 2.13. The number of aromatic nitrogens is 2. The lowest BCUT2D eigenvalue weighted by molar-refractivity contribution is -0.140. The Kier molecular flexibility index (Phi) is 7.08. The topological polar surface area (TPSA) is 81.2 Å². The minimum atomic E-state index is -0.276. The van der Waals surface area contributed by atoms with Gasteiger partial charge in [-0.3, -0.25) is 9.59 Å². The summed E-state index contributed by atoms with van der Waals surface area (Å²) in [5.41, 5.74) is 1.63. The summed E-state index contributed by atoms with van der Waals surface area (Å²) in [6.45, 7) is 1.76. The molecular formula is C18H17N3O3S3. The molecule has 140 valence electrons. The fraction of sp³-hybridized carbons (Fsp3) is 0.222. The summed E-state index contributed by atoms with van der Waals surface area (Å²) in [6.07, 6.45) is 1.71. The largest absolute Gasteiger partial charge is 0.465 e. The fourth-order valence-corrected chi connectivity index (χ4v) is 4.78. The van der Waals surface area contributed by atoms with Crippen LogP contribution in [0.1, 0.15) is 6.92 Å². The Labute approximate surface area is 169 Å². The molecule has 1 aromatic carbocycles. The molecule has 0 aliphatic rings. The lowest BCUT2D eigenvalue weighted by Crippen LogP contribution is -2.13. The maximum Gasteiger partial charge on any atom is 0.302 e. The molecule has 1 amide bonds. The van der Waals surface area contributed by atoms with E-state index in [1.165, 1.54) is 18.7 Å². The molecule has 6 nitrogen and oxygen atoms in total. The van der Waals surface area contributed by atoms with Crippen molar-refractivity contribution < 1.29 is 14.3 Å². The Morgan fingerprint density at radius 2 is 2.11 bits per heavy atom. The summed E-state index contributed by atoms with van der Waals surface area (Å²) in [5.74, 6) is 0.606. The molecular weight excluding hydrogens is 402 g/mol. The number of carbonyl (C=O) groups is 2. The maximum atomic E-state index is 12.1. The summed E-state index contributed by atoms with van der Waals surface area (Å²) in [4.78, 5) is 31.6. The number of rotatable bonds is 8. The first-order chi connectivity index (χ1) is 13.1. The van der Waals surface area contributed by atoms with E-state index < -0.39 is 0 Å². The smallest absolute Gasteiger partial charge is 0.302 e. The summed E-state index contributed by atoms with van der Waals surface area (Å²) < 4.78 is 6.83. The highest BCUT2D eigenvalue weighted by molar-refractivity contribution is 8.01. The first-order valence-corrected chi connectivity index (χ1v) is 10.9. The van der Waals surface area contributed by atoms with Gasteiger partial charge in [0.15, 0.2) is 4.34 Å². The van der Waals surface area contributed by atoms with E-state index in [0.29, 0.717) is 18.1 Å². The van der Waals surface area contributed by atoms with E-state index in [1.807, 2.05) is 36.4 Å². The van der Waals surface area contributed by atoms with E-state index in [0.717, 1.165) is 25.3 Å². The first-order valence-electron chi connectivity index (χ1n) is 8.10. The predicted octanol–water partition coefficient (Wildman–Crippen LogP) is 4.08. The number of hydrogen-bond acceptors (Lipinski definition) is 8. The van der Waals surface area contributed by atoms with Gasteiger partial charge in [0, 0.05) is 24.6 Å². The Balaban J connectivity index is 1.54. The number of nitrogens with zero attached hydrogens (tertiary/aromatic N) is 2. The number of carbonyl (C=O) groups excluding carboxylic acids is 2. The van der Waals surface area contributed by atoms with Crippen LogP contribution in [0.4, 0.5) is 5.69 Å². The lowest BCUT2D eigenvalue weighted by Gasteiger charge is -2.04. The number of pyridine rings is 1. The van der Waals surface area contributed by atoms with Crippen molar-refractivity contribution >= 4 is 62.6 Å². The average molecular weight is 420 g/mol. The predicted molar refractivity (Wildman–Crippen MR) is 111 cm³/mol. The van der Waals surface area contributed by atoms with Crippen LogP contribution in [-0.2, 0) is 14.3 Å². The molecule has 0 aliphatic carbocycles. The Morgan fingerprint density at radius 1 is 1.22 bits per heavy atom. The van der Waals surface area contributed by atoms with Crippen LogP contribution in [-0.4, -0.2) is 40.0 Å². The number of benzene rings is 1. The standard InChI is InChI=1S/C18H17N3O3S3/c1-12(22)24-8-9-25-18-21-14-6-5-13(10-15(14)27-18)20-16(23)11-26-17-4-2-3-7-19-17/h2-7,10H,8-9,11H2,1H3,(H,20,23). The third-order valence-corrected chi connectivity index (χ3v) is 6.32. The van der Waals surface area contributed by atoms with E-state index >= 15 is 0 Å². The molecule has 0 bridgehead atoms. The molecule has 27 heavy (non-hydrogen) atoms. The highest BCUT2D eigenvalue weighted by Gasteiger charge is 2.08. The molecule has 0 fully saturated rings. The van der Waals surface area contributed by atoms with Crippen LogP contribution in [0.15, 0.2) is 52.0 Å². The number of thioether (sulfide) groups is 2. The van der Waals surface area contributed by atoms with Crippen LogP contribution < -0.4 is 5.32 Å². The number of nitrogens with one attached hydrogen (secondary N) is 1. The van der Waals surface area contributed by atoms with Gasteiger partial charge in [-0.2, -0.15) is 0 Å². The van der Waals surface area contributed by atoms with Gasteiger partial charge in [-0.1, -0.05) is 29.6 Å². The van der Waals surface area contributed by atoms with Crippen LogP contribution in [0.5, 0.6) is 0 Å². The van der Waals surface area contributed by atoms with Gasteiger partial charge in [0.25, 0.3) is 0 Å². The normalized spacial score (nSPS) is 10.7. The van der Waals surface area contributed by atoms with Gasteiger partial charge in [-0.25, -0.2) is 9.97 Å². The molecule has 0 radical (unpaired) electrons. The molecule has 0 unspecified atom stereocenters. The van der Waals surface area contributed by atoms with Gasteiger partial charge >= 0.3 is 5.97 Å². The summed E-state index contributed by atoms with van der Waals surface area (Å²) >= 11 is 4.50. The Morgan fingerprint density at radius 3 is 2.89 bits per heavy atom. The number of amides is 1. The Bertz CT molecular complexity index is 931. The molecule has 2 heterocycles. The molecule has 2 aromatic heterocycles. The van der Waals surface area contributed by atoms with Crippen LogP contribution in [0, 0.1) is 0 Å². The molecule has 0 atom stereocenters. The molecule has 0 aliphatic heterocycles. The number of fused-ring (bicyclic) bond motifs is 1. The molecule has 3 rings (SSSR count). The lowest BCUT2D eigenvalue weighted by atomic mass is 10.3. The molecule has 9 heteroatoms. The number of anilines is 1. The highest BCUT2D eigenvalue weighted by atomic mass is 32.2. The van der Waals surface area contributed by atoms with Crippen molar-refractivity contribution in [2.75, 3.05) is 23.4 Å². The second-order valence-electron chi connectivity index (χ2n) is 5.36. The Hall–Kier alpha value is -2.10.